The van der Waals surface area contributed by atoms with Crippen molar-refractivity contribution in [1.29, 1.82) is 0 Å². The first-order chi connectivity index (χ1) is 8.19. The highest BCUT2D eigenvalue weighted by Gasteiger charge is 2.37. The fraction of sp³-hybridized carbons (Fsp3) is 0.400. The first kappa shape index (κ1) is 13.4. The second-order valence-electron chi connectivity index (χ2n) is 4.12. The molecule has 3 N–H and O–H groups in total. The maximum absolute atomic E-state index is 12.6. The molecule has 0 saturated carbocycles. The van der Waals surface area contributed by atoms with E-state index in [4.69, 9.17) is 0 Å². The van der Waals surface area contributed by atoms with Gasteiger partial charge in [-0.3, -0.25) is 4.57 Å². The van der Waals surface area contributed by atoms with E-state index in [1.54, 1.807) is 0 Å². The smallest absolute Gasteiger partial charge is 0.385 e. The predicted molar refractivity (Wildman–Crippen MR) is 59.3 cm³/mol. The fourth-order valence-electron chi connectivity index (χ4n) is 2.02. The Kier molecular flexibility index (Phi) is 3.17. The predicted octanol–water partition coefficient (Wildman–Crippen LogP) is 2.74. The molecule has 2 rings (SSSR count). The maximum Gasteiger partial charge on any atom is 0.416 e. The van der Waals surface area contributed by atoms with Crippen LogP contribution in [0.25, 0.3) is 0 Å². The van der Waals surface area contributed by atoms with Crippen LogP contribution in [0.15, 0.2) is 18.2 Å². The van der Waals surface area contributed by atoms with Crippen LogP contribution in [0.3, 0.4) is 0 Å². The molecule has 0 radical (unpaired) electrons. The second-order valence-corrected chi connectivity index (χ2v) is 5.92. The van der Waals surface area contributed by atoms with Crippen LogP contribution in [0, 0.1) is 0 Å². The van der Waals surface area contributed by atoms with E-state index in [0.717, 1.165) is 12.1 Å². The van der Waals surface area contributed by atoms with Gasteiger partial charge in [-0.1, -0.05) is 0 Å². The van der Waals surface area contributed by atoms with E-state index in [0.29, 0.717) is 12.2 Å². The number of halogens is 3. The van der Waals surface area contributed by atoms with E-state index >= 15 is 0 Å². The lowest BCUT2D eigenvalue weighted by Gasteiger charge is -2.28. The van der Waals surface area contributed by atoms with Gasteiger partial charge in [0.05, 0.1) is 11.2 Å². The van der Waals surface area contributed by atoms with E-state index < -0.39 is 25.0 Å². The van der Waals surface area contributed by atoms with Gasteiger partial charge in [-0.15, -0.1) is 0 Å². The topological polar surface area (TPSA) is 69.6 Å². The summed E-state index contributed by atoms with van der Waals surface area (Å²) in [6, 6.07) is 2.92. The van der Waals surface area contributed by atoms with E-state index in [1.807, 2.05) is 0 Å². The zero-order chi connectivity index (χ0) is 13.6. The number of nitrogens with one attached hydrogen (secondary N) is 1. The lowest BCUT2D eigenvalue weighted by atomic mass is 10.00. The Balaban J connectivity index is 2.52. The first-order valence-corrected chi connectivity index (χ1v) is 6.88. The summed E-state index contributed by atoms with van der Waals surface area (Å²) < 4.78 is 49.0. The molecule has 0 spiro atoms. The molecule has 1 aromatic rings. The quantitative estimate of drug-likeness (QED) is 0.692. The third-order valence-electron chi connectivity index (χ3n) is 2.88. The normalized spacial score (nSPS) is 20.2. The van der Waals surface area contributed by atoms with E-state index in [2.05, 4.69) is 5.32 Å². The Labute approximate surface area is 101 Å². The molecule has 0 fully saturated rings. The summed E-state index contributed by atoms with van der Waals surface area (Å²) in [5, 5.41) is 2.83. The molecule has 0 amide bonds. The molecule has 0 saturated heterocycles. The molecule has 1 aromatic carbocycles. The van der Waals surface area contributed by atoms with Crippen molar-refractivity contribution in [3.63, 3.8) is 0 Å². The second kappa shape index (κ2) is 4.26. The zero-order valence-electron chi connectivity index (χ0n) is 9.11. The number of hydrogen-bond donors (Lipinski definition) is 3. The standard InChI is InChI=1S/C10H11F3NO3P/c11-10(12,13)6-1-2-8-7(5-6)9(3-4-14-8)18(15,16)17/h1-2,5,9,14H,3-4H2,(H2,15,16,17). The van der Waals surface area contributed by atoms with Gasteiger partial charge in [0.2, 0.25) is 0 Å². The van der Waals surface area contributed by atoms with Gasteiger partial charge in [0.25, 0.3) is 0 Å². The fourth-order valence-corrected chi connectivity index (χ4v) is 3.07. The van der Waals surface area contributed by atoms with Crippen molar-refractivity contribution in [2.24, 2.45) is 0 Å². The van der Waals surface area contributed by atoms with Gasteiger partial charge in [0, 0.05) is 12.2 Å². The highest BCUT2D eigenvalue weighted by Crippen LogP contribution is 2.57. The lowest BCUT2D eigenvalue weighted by molar-refractivity contribution is -0.137. The number of anilines is 1. The van der Waals surface area contributed by atoms with Gasteiger partial charge in [0.1, 0.15) is 0 Å². The van der Waals surface area contributed by atoms with Gasteiger partial charge in [0.15, 0.2) is 0 Å². The molecule has 1 unspecified atom stereocenters. The molecule has 1 aliphatic heterocycles. The third kappa shape index (κ3) is 2.53. The minimum atomic E-state index is -4.52. The molecule has 1 atom stereocenters. The Hall–Kier alpha value is -1.04. The average Bonchev–Trinajstić information content (AvgIpc) is 2.25. The van der Waals surface area contributed by atoms with Crippen molar-refractivity contribution >= 4 is 13.3 Å². The molecule has 0 aromatic heterocycles. The van der Waals surface area contributed by atoms with Crippen LogP contribution in [0.1, 0.15) is 23.2 Å². The molecule has 1 aliphatic rings. The minimum Gasteiger partial charge on any atom is -0.385 e. The van der Waals surface area contributed by atoms with Gasteiger partial charge in [-0.2, -0.15) is 13.2 Å². The van der Waals surface area contributed by atoms with Crippen LogP contribution in [0.4, 0.5) is 18.9 Å². The van der Waals surface area contributed by atoms with Crippen molar-refractivity contribution in [2.75, 3.05) is 11.9 Å². The van der Waals surface area contributed by atoms with Crippen molar-refractivity contribution in [2.45, 2.75) is 18.3 Å². The van der Waals surface area contributed by atoms with E-state index in [-0.39, 0.29) is 12.0 Å². The molecule has 100 valence electrons. The van der Waals surface area contributed by atoms with Crippen LogP contribution in [0.2, 0.25) is 0 Å². The number of rotatable bonds is 1. The average molecular weight is 281 g/mol. The van der Waals surface area contributed by atoms with Crippen LogP contribution in [0.5, 0.6) is 0 Å². The number of fused-ring (bicyclic) bond motifs is 1. The van der Waals surface area contributed by atoms with Gasteiger partial charge in [-0.25, -0.2) is 0 Å². The molecular weight excluding hydrogens is 270 g/mol. The molecule has 0 aliphatic carbocycles. The Bertz CT molecular complexity index is 512. The summed E-state index contributed by atoms with van der Waals surface area (Å²) in [6.07, 6.45) is -4.41. The maximum atomic E-state index is 12.6. The summed E-state index contributed by atoms with van der Waals surface area (Å²) in [5.41, 5.74) is -1.69. The first-order valence-electron chi connectivity index (χ1n) is 5.20. The Morgan fingerprint density at radius 1 is 1.33 bits per heavy atom. The molecule has 1 heterocycles. The highest BCUT2D eigenvalue weighted by atomic mass is 31.2. The number of hydrogen-bond acceptors (Lipinski definition) is 2. The van der Waals surface area contributed by atoms with Crippen LogP contribution >= 0.6 is 7.60 Å². The summed E-state index contributed by atoms with van der Waals surface area (Å²) in [7, 11) is -4.45. The Morgan fingerprint density at radius 3 is 2.56 bits per heavy atom. The monoisotopic (exact) mass is 281 g/mol. The van der Waals surface area contributed by atoms with Gasteiger partial charge < -0.3 is 15.1 Å². The van der Waals surface area contributed by atoms with Crippen molar-refractivity contribution in [1.82, 2.24) is 0 Å². The molecular formula is C10H11F3NO3P. The summed E-state index contributed by atoms with van der Waals surface area (Å²) >= 11 is 0. The van der Waals surface area contributed by atoms with E-state index in [1.165, 1.54) is 6.07 Å². The highest BCUT2D eigenvalue weighted by molar-refractivity contribution is 7.52. The van der Waals surface area contributed by atoms with Gasteiger partial charge >= 0.3 is 13.8 Å². The van der Waals surface area contributed by atoms with Crippen LogP contribution in [-0.2, 0) is 10.7 Å². The van der Waals surface area contributed by atoms with E-state index in [9.17, 15) is 27.5 Å². The van der Waals surface area contributed by atoms with Crippen LogP contribution in [-0.4, -0.2) is 16.3 Å². The summed E-state index contributed by atoms with van der Waals surface area (Å²) in [4.78, 5) is 18.4. The Morgan fingerprint density at radius 2 is 2.00 bits per heavy atom. The molecule has 8 heteroatoms. The minimum absolute atomic E-state index is 0.0319. The molecule has 4 nitrogen and oxygen atoms in total. The number of benzene rings is 1. The summed E-state index contributed by atoms with van der Waals surface area (Å²) in [6.45, 7) is 0.328. The van der Waals surface area contributed by atoms with Crippen molar-refractivity contribution in [3.8, 4) is 0 Å². The molecule has 18 heavy (non-hydrogen) atoms. The SMILES string of the molecule is O=P(O)(O)C1CCNc2ccc(C(F)(F)F)cc21. The molecule has 0 bridgehead atoms. The van der Waals surface area contributed by atoms with Crippen molar-refractivity contribution in [3.05, 3.63) is 29.3 Å². The largest absolute Gasteiger partial charge is 0.416 e. The van der Waals surface area contributed by atoms with Gasteiger partial charge in [-0.05, 0) is 30.2 Å². The number of alkyl halides is 3. The lowest BCUT2D eigenvalue weighted by Crippen LogP contribution is -2.18. The zero-order valence-corrected chi connectivity index (χ0v) is 10.0. The third-order valence-corrected chi connectivity index (χ3v) is 4.23. The van der Waals surface area contributed by atoms with Crippen molar-refractivity contribution < 1.29 is 27.5 Å². The summed E-state index contributed by atoms with van der Waals surface area (Å²) in [5.74, 6) is 0. The van der Waals surface area contributed by atoms with Crippen LogP contribution < -0.4 is 5.32 Å².